The number of carboxylic acids is 1. The summed E-state index contributed by atoms with van der Waals surface area (Å²) in [7, 11) is 0. The average Bonchev–Trinajstić information content (AvgIpc) is 2.18. The Kier molecular flexibility index (Phi) is 5.56. The fourth-order valence-electron chi connectivity index (χ4n) is 1.27. The molecule has 0 saturated heterocycles. The van der Waals surface area contributed by atoms with Crippen molar-refractivity contribution in [3.05, 3.63) is 42.0 Å². The molecule has 1 rings (SSSR count). The predicted octanol–water partition coefficient (Wildman–Crippen LogP) is 2.09. The molecule has 0 fully saturated rings. The SMILES string of the molecule is C=CC[C@H](N)c1ccc(O)c(C(=O)O)c1.Cl. The third-order valence-corrected chi connectivity index (χ3v) is 2.10. The molecule has 0 radical (unpaired) electrons. The number of benzene rings is 1. The minimum atomic E-state index is -1.17. The lowest BCUT2D eigenvalue weighted by Crippen LogP contribution is -2.10. The Balaban J connectivity index is 0.00000225. The van der Waals surface area contributed by atoms with Crippen LogP contribution in [0.25, 0.3) is 0 Å². The minimum absolute atomic E-state index is 0. The monoisotopic (exact) mass is 243 g/mol. The van der Waals surface area contributed by atoms with E-state index in [0.717, 1.165) is 0 Å². The third-order valence-electron chi connectivity index (χ3n) is 2.10. The molecule has 5 heteroatoms. The van der Waals surface area contributed by atoms with Gasteiger partial charge in [-0.05, 0) is 24.1 Å². The maximum atomic E-state index is 10.7. The van der Waals surface area contributed by atoms with Gasteiger partial charge < -0.3 is 15.9 Å². The summed E-state index contributed by atoms with van der Waals surface area (Å²) in [5.41, 5.74) is 6.32. The van der Waals surface area contributed by atoms with Gasteiger partial charge in [0.25, 0.3) is 0 Å². The first-order valence-corrected chi connectivity index (χ1v) is 4.49. The first-order valence-electron chi connectivity index (χ1n) is 4.49. The van der Waals surface area contributed by atoms with E-state index >= 15 is 0 Å². The molecule has 0 aliphatic rings. The fraction of sp³-hybridized carbons (Fsp3) is 0.182. The number of phenols is 1. The summed E-state index contributed by atoms with van der Waals surface area (Å²) in [4.78, 5) is 10.7. The van der Waals surface area contributed by atoms with Gasteiger partial charge in [0.15, 0.2) is 0 Å². The molecular formula is C11H14ClNO3. The van der Waals surface area contributed by atoms with E-state index in [9.17, 15) is 9.90 Å². The molecular weight excluding hydrogens is 230 g/mol. The molecule has 16 heavy (non-hydrogen) atoms. The van der Waals surface area contributed by atoms with E-state index in [4.69, 9.17) is 10.8 Å². The second-order valence-electron chi connectivity index (χ2n) is 3.21. The molecule has 0 heterocycles. The van der Waals surface area contributed by atoms with Gasteiger partial charge in [0.2, 0.25) is 0 Å². The second-order valence-corrected chi connectivity index (χ2v) is 3.21. The van der Waals surface area contributed by atoms with E-state index in [0.29, 0.717) is 12.0 Å². The van der Waals surface area contributed by atoms with Crippen molar-refractivity contribution in [1.82, 2.24) is 0 Å². The molecule has 0 bridgehead atoms. The van der Waals surface area contributed by atoms with Gasteiger partial charge >= 0.3 is 5.97 Å². The largest absolute Gasteiger partial charge is 0.507 e. The number of aromatic carboxylic acids is 1. The summed E-state index contributed by atoms with van der Waals surface area (Å²) >= 11 is 0. The van der Waals surface area contributed by atoms with Crippen LogP contribution in [0.2, 0.25) is 0 Å². The van der Waals surface area contributed by atoms with Crippen LogP contribution in [-0.4, -0.2) is 16.2 Å². The van der Waals surface area contributed by atoms with Crippen LogP contribution in [0.3, 0.4) is 0 Å². The first kappa shape index (κ1) is 14.5. The predicted molar refractivity (Wildman–Crippen MR) is 64.1 cm³/mol. The molecule has 4 nitrogen and oxygen atoms in total. The fourth-order valence-corrected chi connectivity index (χ4v) is 1.27. The molecule has 1 atom stereocenters. The number of nitrogens with two attached hydrogens (primary N) is 1. The lowest BCUT2D eigenvalue weighted by molar-refractivity contribution is 0.0693. The van der Waals surface area contributed by atoms with E-state index < -0.39 is 5.97 Å². The zero-order valence-corrected chi connectivity index (χ0v) is 9.41. The van der Waals surface area contributed by atoms with E-state index in [1.807, 2.05) is 0 Å². The van der Waals surface area contributed by atoms with E-state index in [-0.39, 0.29) is 29.8 Å². The zero-order valence-electron chi connectivity index (χ0n) is 8.59. The number of halogens is 1. The zero-order chi connectivity index (χ0) is 11.4. The number of rotatable bonds is 4. The Morgan fingerprint density at radius 3 is 2.69 bits per heavy atom. The summed E-state index contributed by atoms with van der Waals surface area (Å²) in [5, 5.41) is 18.1. The molecule has 1 aromatic rings. The van der Waals surface area contributed by atoms with Crippen molar-refractivity contribution < 1.29 is 15.0 Å². The highest BCUT2D eigenvalue weighted by atomic mass is 35.5. The highest BCUT2D eigenvalue weighted by molar-refractivity contribution is 5.90. The molecule has 0 saturated carbocycles. The van der Waals surface area contributed by atoms with Crippen molar-refractivity contribution in [2.75, 3.05) is 0 Å². The van der Waals surface area contributed by atoms with Crippen molar-refractivity contribution in [2.24, 2.45) is 5.73 Å². The minimum Gasteiger partial charge on any atom is -0.507 e. The van der Waals surface area contributed by atoms with Crippen LogP contribution in [-0.2, 0) is 0 Å². The Morgan fingerprint density at radius 2 is 2.19 bits per heavy atom. The van der Waals surface area contributed by atoms with E-state index in [1.54, 1.807) is 12.1 Å². The van der Waals surface area contributed by atoms with Gasteiger partial charge in [0.1, 0.15) is 11.3 Å². The van der Waals surface area contributed by atoms with Crippen molar-refractivity contribution >= 4 is 18.4 Å². The maximum absolute atomic E-state index is 10.7. The summed E-state index contributed by atoms with van der Waals surface area (Å²) in [5.74, 6) is -1.42. The van der Waals surface area contributed by atoms with Gasteiger partial charge in [-0.2, -0.15) is 0 Å². The number of carbonyl (C=O) groups is 1. The molecule has 0 aliphatic heterocycles. The lowest BCUT2D eigenvalue weighted by Gasteiger charge is -2.10. The van der Waals surface area contributed by atoms with Crippen LogP contribution in [0, 0.1) is 0 Å². The van der Waals surface area contributed by atoms with Gasteiger partial charge in [-0.1, -0.05) is 12.1 Å². The Labute approximate surface area is 99.8 Å². The van der Waals surface area contributed by atoms with Crippen LogP contribution in [0.4, 0.5) is 0 Å². The highest BCUT2D eigenvalue weighted by Gasteiger charge is 2.12. The number of aromatic hydroxyl groups is 1. The van der Waals surface area contributed by atoms with Crippen LogP contribution in [0.5, 0.6) is 5.75 Å². The van der Waals surface area contributed by atoms with Gasteiger partial charge in [0.05, 0.1) is 0 Å². The third kappa shape index (κ3) is 3.25. The summed E-state index contributed by atoms with van der Waals surface area (Å²) in [6.07, 6.45) is 2.22. The highest BCUT2D eigenvalue weighted by Crippen LogP contribution is 2.22. The molecule has 1 aromatic carbocycles. The van der Waals surface area contributed by atoms with Crippen LogP contribution >= 0.6 is 12.4 Å². The Morgan fingerprint density at radius 1 is 1.56 bits per heavy atom. The van der Waals surface area contributed by atoms with Gasteiger partial charge in [-0.25, -0.2) is 4.79 Å². The first-order chi connectivity index (χ1) is 7.06. The van der Waals surface area contributed by atoms with Gasteiger partial charge in [-0.15, -0.1) is 19.0 Å². The lowest BCUT2D eigenvalue weighted by atomic mass is 10.0. The summed E-state index contributed by atoms with van der Waals surface area (Å²) in [6, 6.07) is 4.03. The van der Waals surface area contributed by atoms with E-state index in [1.165, 1.54) is 12.1 Å². The number of hydrogen-bond acceptors (Lipinski definition) is 3. The van der Waals surface area contributed by atoms with Crippen LogP contribution < -0.4 is 5.73 Å². The topological polar surface area (TPSA) is 83.5 Å². The van der Waals surface area contributed by atoms with Crippen molar-refractivity contribution in [1.29, 1.82) is 0 Å². The number of hydrogen-bond donors (Lipinski definition) is 3. The molecule has 0 unspecified atom stereocenters. The summed E-state index contributed by atoms with van der Waals surface area (Å²) < 4.78 is 0. The van der Waals surface area contributed by atoms with Crippen molar-refractivity contribution in [3.8, 4) is 5.75 Å². The van der Waals surface area contributed by atoms with Gasteiger partial charge in [-0.3, -0.25) is 0 Å². The molecule has 0 aromatic heterocycles. The van der Waals surface area contributed by atoms with E-state index in [2.05, 4.69) is 6.58 Å². The normalized spacial score (nSPS) is 11.3. The van der Waals surface area contributed by atoms with Crippen LogP contribution in [0.15, 0.2) is 30.9 Å². The maximum Gasteiger partial charge on any atom is 0.339 e. The molecule has 0 aliphatic carbocycles. The molecule has 0 spiro atoms. The Hall–Kier alpha value is -1.52. The smallest absolute Gasteiger partial charge is 0.339 e. The quantitative estimate of drug-likeness (QED) is 0.707. The van der Waals surface area contributed by atoms with Crippen molar-refractivity contribution in [3.63, 3.8) is 0 Å². The molecule has 0 amide bonds. The average molecular weight is 244 g/mol. The number of carboxylic acid groups (broad SMARTS) is 1. The van der Waals surface area contributed by atoms with Crippen LogP contribution in [0.1, 0.15) is 28.4 Å². The van der Waals surface area contributed by atoms with Crippen molar-refractivity contribution in [2.45, 2.75) is 12.5 Å². The second kappa shape index (κ2) is 6.15. The summed E-state index contributed by atoms with van der Waals surface area (Å²) in [6.45, 7) is 3.56. The Bertz CT molecular complexity index is 393. The molecule has 4 N–H and O–H groups in total. The van der Waals surface area contributed by atoms with Gasteiger partial charge in [0, 0.05) is 6.04 Å². The molecule has 88 valence electrons. The standard InChI is InChI=1S/C11H13NO3.ClH/c1-2-3-9(12)7-4-5-10(13)8(6-7)11(14)15;/h2,4-6,9,13H,1,3,12H2,(H,14,15);1H/t9-;/m0./s1.